The number of thiophene rings is 1. The molecule has 0 aliphatic rings. The number of hydrogen-bond donors (Lipinski definition) is 1. The predicted octanol–water partition coefficient (Wildman–Crippen LogP) is 4.96. The first kappa shape index (κ1) is 17.8. The van der Waals surface area contributed by atoms with Gasteiger partial charge in [0.25, 0.3) is 5.56 Å². The zero-order valence-electron chi connectivity index (χ0n) is 14.6. The van der Waals surface area contributed by atoms with E-state index in [9.17, 15) is 4.79 Å². The van der Waals surface area contributed by atoms with Crippen LogP contribution < -0.4 is 10.3 Å². The van der Waals surface area contributed by atoms with Gasteiger partial charge in [0.1, 0.15) is 16.4 Å². The van der Waals surface area contributed by atoms with Crippen LogP contribution in [0.25, 0.3) is 21.3 Å². The number of benzene rings is 2. The van der Waals surface area contributed by atoms with Gasteiger partial charge in [0, 0.05) is 16.7 Å². The van der Waals surface area contributed by atoms with Crippen molar-refractivity contribution in [3.8, 4) is 16.9 Å². The maximum atomic E-state index is 12.6. The van der Waals surface area contributed by atoms with E-state index in [1.54, 1.807) is 11.8 Å². The van der Waals surface area contributed by atoms with Gasteiger partial charge in [0.05, 0.1) is 17.7 Å². The Morgan fingerprint density at radius 3 is 2.56 bits per heavy atom. The summed E-state index contributed by atoms with van der Waals surface area (Å²) in [5.74, 6) is 3.06. The Kier molecular flexibility index (Phi) is 5.55. The van der Waals surface area contributed by atoms with Crippen LogP contribution in [-0.2, 0) is 5.75 Å². The van der Waals surface area contributed by atoms with Gasteiger partial charge in [-0.15, -0.1) is 11.3 Å². The zero-order valence-corrected chi connectivity index (χ0v) is 16.2. The van der Waals surface area contributed by atoms with Crippen molar-refractivity contribution >= 4 is 33.3 Å². The molecule has 0 aliphatic carbocycles. The highest BCUT2D eigenvalue weighted by Crippen LogP contribution is 2.30. The summed E-state index contributed by atoms with van der Waals surface area (Å²) >= 11 is 3.21. The number of hydrogen-bond acceptors (Lipinski definition) is 5. The first-order chi connectivity index (χ1) is 13.3. The average Bonchev–Trinajstić information content (AvgIpc) is 3.14. The number of aromatic amines is 1. The fourth-order valence-electron chi connectivity index (χ4n) is 2.80. The molecule has 0 fully saturated rings. The van der Waals surface area contributed by atoms with E-state index in [0.29, 0.717) is 23.6 Å². The first-order valence-corrected chi connectivity index (χ1v) is 10.7. The van der Waals surface area contributed by atoms with Crippen LogP contribution >= 0.6 is 23.1 Å². The second kappa shape index (κ2) is 8.41. The molecule has 0 saturated heterocycles. The molecule has 136 valence electrons. The van der Waals surface area contributed by atoms with Crippen molar-refractivity contribution in [1.82, 2.24) is 9.97 Å². The molecule has 4 aromatic rings. The highest BCUT2D eigenvalue weighted by Gasteiger charge is 2.12. The molecule has 0 spiro atoms. The standard InChI is InChI=1S/C21H18N2O2S2/c24-20-19-17(15-7-3-1-4-8-15)13-27-21(19)23-18(22-20)14-26-12-11-25-16-9-5-2-6-10-16/h1-10,13H,11-12,14H2,(H,22,23,24). The summed E-state index contributed by atoms with van der Waals surface area (Å²) in [6.45, 7) is 0.623. The molecule has 2 aromatic heterocycles. The van der Waals surface area contributed by atoms with Crippen LogP contribution in [-0.4, -0.2) is 22.3 Å². The molecule has 2 aromatic carbocycles. The molecule has 0 unspecified atom stereocenters. The number of ether oxygens (including phenoxy) is 1. The molecule has 0 amide bonds. The fourth-order valence-corrected chi connectivity index (χ4v) is 4.44. The van der Waals surface area contributed by atoms with E-state index in [0.717, 1.165) is 27.5 Å². The van der Waals surface area contributed by atoms with Gasteiger partial charge in [-0.25, -0.2) is 4.98 Å². The molecule has 0 aliphatic heterocycles. The quantitative estimate of drug-likeness (QED) is 0.450. The van der Waals surface area contributed by atoms with Crippen LogP contribution in [0.4, 0.5) is 0 Å². The highest BCUT2D eigenvalue weighted by molar-refractivity contribution is 7.98. The number of aromatic nitrogens is 2. The normalized spacial score (nSPS) is 11.0. The topological polar surface area (TPSA) is 55.0 Å². The summed E-state index contributed by atoms with van der Waals surface area (Å²) in [5.41, 5.74) is 1.91. The third kappa shape index (κ3) is 4.23. The molecule has 27 heavy (non-hydrogen) atoms. The summed E-state index contributed by atoms with van der Waals surface area (Å²) < 4.78 is 5.68. The van der Waals surface area contributed by atoms with Gasteiger partial charge >= 0.3 is 0 Å². The SMILES string of the molecule is O=c1[nH]c(CSCCOc2ccccc2)nc2scc(-c3ccccc3)c12. The first-order valence-electron chi connectivity index (χ1n) is 8.62. The van der Waals surface area contributed by atoms with Crippen molar-refractivity contribution in [2.24, 2.45) is 0 Å². The molecule has 0 saturated carbocycles. The second-order valence-electron chi connectivity index (χ2n) is 5.92. The van der Waals surface area contributed by atoms with E-state index in [1.807, 2.05) is 66.0 Å². The Hall–Kier alpha value is -2.57. The molecule has 6 heteroatoms. The molecule has 4 nitrogen and oxygen atoms in total. The van der Waals surface area contributed by atoms with Crippen LogP contribution in [0.3, 0.4) is 0 Å². The smallest absolute Gasteiger partial charge is 0.260 e. The van der Waals surface area contributed by atoms with Gasteiger partial charge in [-0.05, 0) is 17.7 Å². The van der Waals surface area contributed by atoms with Crippen molar-refractivity contribution in [2.45, 2.75) is 5.75 Å². The van der Waals surface area contributed by atoms with Gasteiger partial charge in [-0.1, -0.05) is 48.5 Å². The lowest BCUT2D eigenvalue weighted by molar-refractivity contribution is 0.344. The highest BCUT2D eigenvalue weighted by atomic mass is 32.2. The van der Waals surface area contributed by atoms with Crippen molar-refractivity contribution in [3.05, 3.63) is 82.2 Å². The maximum absolute atomic E-state index is 12.6. The van der Waals surface area contributed by atoms with E-state index in [1.165, 1.54) is 11.3 Å². The number of nitrogens with zero attached hydrogens (tertiary/aromatic N) is 1. The Labute approximate surface area is 165 Å². The molecular weight excluding hydrogens is 376 g/mol. The van der Waals surface area contributed by atoms with E-state index in [-0.39, 0.29) is 5.56 Å². The molecule has 0 bridgehead atoms. The van der Waals surface area contributed by atoms with Crippen LogP contribution in [0, 0.1) is 0 Å². The Balaban J connectivity index is 1.41. The summed E-state index contributed by atoms with van der Waals surface area (Å²) in [6, 6.07) is 19.7. The van der Waals surface area contributed by atoms with Crippen molar-refractivity contribution in [2.75, 3.05) is 12.4 Å². The third-order valence-corrected chi connectivity index (χ3v) is 5.86. The van der Waals surface area contributed by atoms with Crippen LogP contribution in [0.2, 0.25) is 0 Å². The summed E-state index contributed by atoms with van der Waals surface area (Å²) in [7, 11) is 0. The van der Waals surface area contributed by atoms with E-state index < -0.39 is 0 Å². The van der Waals surface area contributed by atoms with Gasteiger partial charge < -0.3 is 9.72 Å². The fraction of sp³-hybridized carbons (Fsp3) is 0.143. The second-order valence-corrected chi connectivity index (χ2v) is 7.89. The number of fused-ring (bicyclic) bond motifs is 1. The van der Waals surface area contributed by atoms with Crippen molar-refractivity contribution < 1.29 is 4.74 Å². The van der Waals surface area contributed by atoms with Crippen LogP contribution in [0.1, 0.15) is 5.82 Å². The minimum atomic E-state index is -0.0729. The lowest BCUT2D eigenvalue weighted by atomic mass is 10.1. The number of rotatable bonds is 7. The number of nitrogens with one attached hydrogen (secondary N) is 1. The molecule has 2 heterocycles. The minimum absolute atomic E-state index is 0.0729. The monoisotopic (exact) mass is 394 g/mol. The van der Waals surface area contributed by atoms with Crippen molar-refractivity contribution in [1.29, 1.82) is 0 Å². The summed E-state index contributed by atoms with van der Waals surface area (Å²) in [6.07, 6.45) is 0. The Morgan fingerprint density at radius 2 is 1.78 bits per heavy atom. The van der Waals surface area contributed by atoms with Crippen LogP contribution in [0.15, 0.2) is 70.8 Å². The average molecular weight is 395 g/mol. The lowest BCUT2D eigenvalue weighted by Crippen LogP contribution is -2.11. The molecular formula is C21H18N2O2S2. The molecule has 4 rings (SSSR count). The van der Waals surface area contributed by atoms with E-state index in [4.69, 9.17) is 4.74 Å². The Bertz CT molecular complexity index is 1080. The third-order valence-electron chi connectivity index (χ3n) is 4.06. The van der Waals surface area contributed by atoms with E-state index in [2.05, 4.69) is 9.97 Å². The molecule has 0 radical (unpaired) electrons. The number of thioether (sulfide) groups is 1. The van der Waals surface area contributed by atoms with Gasteiger partial charge in [0.15, 0.2) is 0 Å². The minimum Gasteiger partial charge on any atom is -0.493 e. The van der Waals surface area contributed by atoms with Gasteiger partial charge in [-0.3, -0.25) is 4.79 Å². The van der Waals surface area contributed by atoms with Gasteiger partial charge in [0.2, 0.25) is 0 Å². The predicted molar refractivity (Wildman–Crippen MR) is 114 cm³/mol. The number of para-hydroxylation sites is 1. The van der Waals surface area contributed by atoms with Crippen molar-refractivity contribution in [3.63, 3.8) is 0 Å². The largest absolute Gasteiger partial charge is 0.493 e. The molecule has 0 atom stereocenters. The zero-order chi connectivity index (χ0) is 18.5. The van der Waals surface area contributed by atoms with Gasteiger partial charge in [-0.2, -0.15) is 11.8 Å². The number of H-pyrrole nitrogens is 1. The van der Waals surface area contributed by atoms with Crippen LogP contribution in [0.5, 0.6) is 5.75 Å². The Morgan fingerprint density at radius 1 is 1.04 bits per heavy atom. The van der Waals surface area contributed by atoms with E-state index >= 15 is 0 Å². The summed E-state index contributed by atoms with van der Waals surface area (Å²) in [4.78, 5) is 21.0. The lowest BCUT2D eigenvalue weighted by Gasteiger charge is -2.05. The molecule has 1 N–H and O–H groups in total. The maximum Gasteiger partial charge on any atom is 0.260 e. The summed E-state index contributed by atoms with van der Waals surface area (Å²) in [5, 5.41) is 2.68.